The second kappa shape index (κ2) is 13.8. The van der Waals surface area contributed by atoms with Crippen LogP contribution < -0.4 is 15.1 Å². The first-order valence-electron chi connectivity index (χ1n) is 18.0. The van der Waals surface area contributed by atoms with Gasteiger partial charge in [-0.3, -0.25) is 9.78 Å². The molecule has 264 valence electrons. The summed E-state index contributed by atoms with van der Waals surface area (Å²) >= 11 is 13.3. The van der Waals surface area contributed by atoms with E-state index in [2.05, 4.69) is 91.6 Å². The van der Waals surface area contributed by atoms with Crippen LogP contribution in [-0.2, 0) is 0 Å². The van der Waals surface area contributed by atoms with Crippen molar-refractivity contribution in [3.05, 3.63) is 160 Å². The third-order valence-electron chi connectivity index (χ3n) is 10.6. The Bertz CT molecular complexity index is 2380. The predicted molar refractivity (Wildman–Crippen MR) is 215 cm³/mol. The zero-order chi connectivity index (χ0) is 36.1. The summed E-state index contributed by atoms with van der Waals surface area (Å²) in [5, 5.41) is 5.53. The van der Waals surface area contributed by atoms with Gasteiger partial charge in [0.25, 0.3) is 5.91 Å². The van der Waals surface area contributed by atoms with E-state index in [-0.39, 0.29) is 17.9 Å². The number of carbonyl (C=O) groups excluding carboxylic acids is 1. The summed E-state index contributed by atoms with van der Waals surface area (Å²) in [6, 6.07) is 30.1. The molecule has 0 saturated carbocycles. The first-order valence-corrected chi connectivity index (χ1v) is 18.7. The second-order valence-electron chi connectivity index (χ2n) is 13.8. The summed E-state index contributed by atoms with van der Waals surface area (Å²) in [4.78, 5) is 34.3. The van der Waals surface area contributed by atoms with Gasteiger partial charge in [0.15, 0.2) is 5.82 Å². The van der Waals surface area contributed by atoms with Crippen LogP contribution in [0.1, 0.15) is 52.1 Å². The number of carbonyl (C=O) groups is 1. The fraction of sp³-hybridized carbons (Fsp3) is 0.186. The number of aromatic amines is 1. The van der Waals surface area contributed by atoms with E-state index in [1.165, 1.54) is 5.57 Å². The monoisotopic (exact) mass is 737 g/mol. The zero-order valence-corrected chi connectivity index (χ0v) is 30.6. The molecule has 0 spiro atoms. The van der Waals surface area contributed by atoms with Crippen LogP contribution in [0.3, 0.4) is 0 Å². The van der Waals surface area contributed by atoms with Crippen molar-refractivity contribution in [2.75, 3.05) is 41.3 Å². The Balaban J connectivity index is 1.18. The Morgan fingerprint density at radius 3 is 2.42 bits per heavy atom. The van der Waals surface area contributed by atoms with Gasteiger partial charge in [-0.15, -0.1) is 0 Å². The molecule has 2 N–H and O–H groups in total. The zero-order valence-electron chi connectivity index (χ0n) is 29.1. The van der Waals surface area contributed by atoms with Crippen LogP contribution in [0, 0.1) is 5.92 Å². The second-order valence-corrected chi connectivity index (χ2v) is 14.7. The molecular formula is C43H37Cl2N7O. The molecule has 1 amide bonds. The molecule has 6 aromatic rings. The molecule has 0 bridgehead atoms. The molecular weight excluding hydrogens is 701 g/mol. The number of halogens is 2. The van der Waals surface area contributed by atoms with Gasteiger partial charge in [0.05, 0.1) is 29.3 Å². The maximum absolute atomic E-state index is 14.8. The van der Waals surface area contributed by atoms with Gasteiger partial charge < -0.3 is 25.0 Å². The van der Waals surface area contributed by atoms with E-state index in [1.807, 2.05) is 54.7 Å². The topological polar surface area (TPSA) is 80.4 Å². The summed E-state index contributed by atoms with van der Waals surface area (Å²) in [5.41, 5.74) is 9.31. The summed E-state index contributed by atoms with van der Waals surface area (Å²) in [6.45, 7) is 5.41. The number of hydrogen-bond acceptors (Lipinski definition) is 6. The van der Waals surface area contributed by atoms with Crippen molar-refractivity contribution in [1.29, 1.82) is 0 Å². The summed E-state index contributed by atoms with van der Waals surface area (Å²) < 4.78 is 0. The van der Waals surface area contributed by atoms with E-state index >= 15 is 0 Å². The Morgan fingerprint density at radius 1 is 0.868 bits per heavy atom. The first kappa shape index (κ1) is 33.3. The number of allylic oxidation sites excluding steroid dienone is 2. The Kier molecular flexibility index (Phi) is 8.64. The van der Waals surface area contributed by atoms with Crippen molar-refractivity contribution in [2.45, 2.75) is 19.4 Å². The molecule has 2 atom stereocenters. The highest BCUT2D eigenvalue weighted by Crippen LogP contribution is 2.53. The summed E-state index contributed by atoms with van der Waals surface area (Å²) in [7, 11) is 0. The van der Waals surface area contributed by atoms with Crippen molar-refractivity contribution in [3.8, 4) is 0 Å². The minimum atomic E-state index is -0.243. The lowest BCUT2D eigenvalue weighted by atomic mass is 9.82. The number of nitrogens with zero attached hydrogens (tertiary/aromatic N) is 5. The SMILES string of the molecule is CC1CC=CN2C(=C1c1ccccc1)c1c(C(=O)Nc3cccnc3N3CCN(c4cccnc4)CC3)[nH]c3cc(Cl)cc(c13)C2c1ccc(Cl)cc1. The van der Waals surface area contributed by atoms with E-state index in [0.29, 0.717) is 21.4 Å². The molecule has 3 aliphatic heterocycles. The van der Waals surface area contributed by atoms with E-state index in [1.54, 1.807) is 12.4 Å². The molecule has 2 unspecified atom stereocenters. The van der Waals surface area contributed by atoms with Crippen LogP contribution in [-0.4, -0.2) is 51.9 Å². The van der Waals surface area contributed by atoms with Crippen molar-refractivity contribution >= 4 is 68.5 Å². The number of H-pyrrole nitrogens is 1. The minimum Gasteiger partial charge on any atom is -0.367 e. The van der Waals surface area contributed by atoms with E-state index in [9.17, 15) is 4.79 Å². The van der Waals surface area contributed by atoms with Gasteiger partial charge in [0, 0.05) is 71.3 Å². The van der Waals surface area contributed by atoms with Gasteiger partial charge in [0.2, 0.25) is 0 Å². The lowest BCUT2D eigenvalue weighted by Gasteiger charge is -2.39. The molecule has 53 heavy (non-hydrogen) atoms. The van der Waals surface area contributed by atoms with Crippen molar-refractivity contribution in [3.63, 3.8) is 0 Å². The number of fused-ring (bicyclic) bond motifs is 2. The molecule has 8 nitrogen and oxygen atoms in total. The lowest BCUT2D eigenvalue weighted by molar-refractivity contribution is 0.102. The molecule has 1 fully saturated rings. The fourth-order valence-electron chi connectivity index (χ4n) is 8.20. The predicted octanol–water partition coefficient (Wildman–Crippen LogP) is 9.67. The molecule has 3 aromatic heterocycles. The Labute approximate surface area is 318 Å². The van der Waals surface area contributed by atoms with Crippen LogP contribution in [0.2, 0.25) is 10.0 Å². The first-order chi connectivity index (χ1) is 25.9. The van der Waals surface area contributed by atoms with Gasteiger partial charge in [0.1, 0.15) is 5.69 Å². The number of aromatic nitrogens is 3. The van der Waals surface area contributed by atoms with E-state index in [4.69, 9.17) is 28.2 Å². The maximum Gasteiger partial charge on any atom is 0.272 e. The summed E-state index contributed by atoms with van der Waals surface area (Å²) in [5.74, 6) is 0.677. The number of amides is 1. The maximum atomic E-state index is 14.8. The molecule has 0 aliphatic carbocycles. The number of benzene rings is 3. The normalized spacial score (nSPS) is 18.3. The Morgan fingerprint density at radius 2 is 1.64 bits per heavy atom. The van der Waals surface area contributed by atoms with Gasteiger partial charge in [-0.1, -0.05) is 78.7 Å². The molecule has 0 radical (unpaired) electrons. The molecule has 9 rings (SSSR count). The highest BCUT2D eigenvalue weighted by molar-refractivity contribution is 6.32. The number of rotatable bonds is 6. The van der Waals surface area contributed by atoms with Crippen molar-refractivity contribution in [2.24, 2.45) is 5.92 Å². The van der Waals surface area contributed by atoms with Crippen LogP contribution >= 0.6 is 23.2 Å². The van der Waals surface area contributed by atoms with Crippen molar-refractivity contribution in [1.82, 2.24) is 19.9 Å². The van der Waals surface area contributed by atoms with E-state index in [0.717, 1.165) is 83.0 Å². The highest BCUT2D eigenvalue weighted by Gasteiger charge is 2.40. The van der Waals surface area contributed by atoms with Crippen LogP contribution in [0.25, 0.3) is 22.2 Å². The molecule has 6 heterocycles. The highest BCUT2D eigenvalue weighted by atomic mass is 35.5. The molecule has 3 aromatic carbocycles. The average molecular weight is 739 g/mol. The summed E-state index contributed by atoms with van der Waals surface area (Å²) in [6.07, 6.45) is 10.7. The smallest absolute Gasteiger partial charge is 0.272 e. The van der Waals surface area contributed by atoms with Gasteiger partial charge in [-0.25, -0.2) is 4.98 Å². The van der Waals surface area contributed by atoms with Gasteiger partial charge in [-0.05, 0) is 83.1 Å². The fourth-order valence-corrected chi connectivity index (χ4v) is 8.55. The number of nitrogens with one attached hydrogen (secondary N) is 2. The molecule has 10 heteroatoms. The number of piperazine rings is 1. The third-order valence-corrected chi connectivity index (χ3v) is 11.1. The van der Waals surface area contributed by atoms with E-state index < -0.39 is 0 Å². The number of anilines is 3. The quantitative estimate of drug-likeness (QED) is 0.177. The molecule has 3 aliphatic rings. The third kappa shape index (κ3) is 6.02. The van der Waals surface area contributed by atoms with Crippen LogP contribution in [0.4, 0.5) is 17.2 Å². The van der Waals surface area contributed by atoms with Crippen LogP contribution in [0.15, 0.2) is 122 Å². The minimum absolute atomic E-state index is 0.171. The van der Waals surface area contributed by atoms with Gasteiger partial charge >= 0.3 is 0 Å². The van der Waals surface area contributed by atoms with Crippen LogP contribution in [0.5, 0.6) is 0 Å². The Hall–Kier alpha value is -5.57. The average Bonchev–Trinajstić information content (AvgIpc) is 3.48. The lowest BCUT2D eigenvalue weighted by Crippen LogP contribution is -2.47. The largest absolute Gasteiger partial charge is 0.367 e. The van der Waals surface area contributed by atoms with Gasteiger partial charge in [-0.2, -0.15) is 0 Å². The number of pyridine rings is 2. The number of hydrogen-bond donors (Lipinski definition) is 2. The van der Waals surface area contributed by atoms with Crippen molar-refractivity contribution < 1.29 is 4.79 Å². The standard InChI is InChI=1S/C43H37Cl2N7O/c1-27-8-7-19-52-40(29-13-15-30(44)16-14-29)33-24-31(45)25-35-37(33)38(41(52)36(27)28-9-3-2-4-10-28)39(48-35)43(53)49-34-12-6-18-47-42(34)51-22-20-50(21-23-51)32-11-5-17-46-26-32/h2-7,9-19,24-27,40,48H,8,20-23H2,1H3,(H,49,53). The molecule has 1 saturated heterocycles.